The third-order valence-electron chi connectivity index (χ3n) is 2.48. The molecule has 1 aliphatic carbocycles. The first-order valence-electron chi connectivity index (χ1n) is 4.96. The van der Waals surface area contributed by atoms with Gasteiger partial charge in [0.15, 0.2) is 0 Å². The van der Waals surface area contributed by atoms with Crippen molar-refractivity contribution in [1.29, 1.82) is 0 Å². The molecule has 15 heavy (non-hydrogen) atoms. The number of rotatable bonds is 2. The van der Waals surface area contributed by atoms with Crippen LogP contribution in [0.2, 0.25) is 0 Å². The Labute approximate surface area is 96.8 Å². The van der Waals surface area contributed by atoms with E-state index in [9.17, 15) is 4.79 Å². The molecule has 0 bridgehead atoms. The smallest absolute Gasteiger partial charge is 0.262 e. The van der Waals surface area contributed by atoms with Gasteiger partial charge in [0, 0.05) is 6.20 Å². The summed E-state index contributed by atoms with van der Waals surface area (Å²) in [6.45, 7) is 0. The maximum Gasteiger partial charge on any atom is 0.262 e. The zero-order valence-electron chi connectivity index (χ0n) is 8.24. The number of hydrogen-bond acceptors (Lipinski definition) is 1. The summed E-state index contributed by atoms with van der Waals surface area (Å²) < 4.78 is 0.607. The lowest BCUT2D eigenvalue weighted by molar-refractivity contribution is 0.651. The van der Waals surface area contributed by atoms with Gasteiger partial charge in [-0.1, -0.05) is 24.3 Å². The van der Waals surface area contributed by atoms with Crippen molar-refractivity contribution in [1.82, 2.24) is 4.98 Å². The zero-order valence-corrected chi connectivity index (χ0v) is 9.83. The lowest BCUT2D eigenvalue weighted by Crippen LogP contribution is -2.09. The number of hydrogen-bond donors (Lipinski definition) is 1. The fraction of sp³-hybridized carbons (Fsp3) is 0.250. The highest BCUT2D eigenvalue weighted by molar-refractivity contribution is 9.10. The van der Waals surface area contributed by atoms with Gasteiger partial charge < -0.3 is 4.98 Å². The van der Waals surface area contributed by atoms with E-state index >= 15 is 0 Å². The Balaban J connectivity index is 2.11. The Bertz CT molecular complexity index is 459. The second-order valence-corrected chi connectivity index (χ2v) is 4.55. The van der Waals surface area contributed by atoms with Gasteiger partial charge in [-0.2, -0.15) is 0 Å². The van der Waals surface area contributed by atoms with Crippen LogP contribution in [0.5, 0.6) is 0 Å². The monoisotopic (exact) mass is 265 g/mol. The van der Waals surface area contributed by atoms with Crippen LogP contribution in [-0.4, -0.2) is 4.98 Å². The SMILES string of the molecule is O=c1[nH]cc(CC2C=CC=CC2)cc1Br. The molecule has 1 heterocycles. The molecule has 1 aromatic rings. The van der Waals surface area contributed by atoms with Crippen molar-refractivity contribution in [3.05, 3.63) is 57.0 Å². The Morgan fingerprint density at radius 3 is 3.00 bits per heavy atom. The molecule has 0 spiro atoms. The van der Waals surface area contributed by atoms with Gasteiger partial charge in [0.25, 0.3) is 5.56 Å². The second-order valence-electron chi connectivity index (χ2n) is 3.70. The summed E-state index contributed by atoms with van der Waals surface area (Å²) in [5.41, 5.74) is 1.09. The molecule has 0 aromatic carbocycles. The molecule has 1 aromatic heterocycles. The summed E-state index contributed by atoms with van der Waals surface area (Å²) in [7, 11) is 0. The average Bonchev–Trinajstić information content (AvgIpc) is 2.25. The van der Waals surface area contributed by atoms with Crippen LogP contribution in [0.15, 0.2) is 45.8 Å². The third-order valence-corrected chi connectivity index (χ3v) is 3.07. The molecule has 3 heteroatoms. The highest BCUT2D eigenvalue weighted by Crippen LogP contribution is 2.17. The van der Waals surface area contributed by atoms with Crippen LogP contribution in [0.25, 0.3) is 0 Å². The summed E-state index contributed by atoms with van der Waals surface area (Å²) in [6.07, 6.45) is 12.4. The van der Waals surface area contributed by atoms with E-state index in [-0.39, 0.29) is 5.56 Å². The number of H-pyrrole nitrogens is 1. The van der Waals surface area contributed by atoms with Gasteiger partial charge in [-0.3, -0.25) is 4.79 Å². The largest absolute Gasteiger partial charge is 0.328 e. The van der Waals surface area contributed by atoms with Gasteiger partial charge >= 0.3 is 0 Å². The van der Waals surface area contributed by atoms with Crippen LogP contribution in [0.1, 0.15) is 12.0 Å². The van der Waals surface area contributed by atoms with E-state index in [1.54, 1.807) is 6.20 Å². The van der Waals surface area contributed by atoms with Crippen molar-refractivity contribution in [3.8, 4) is 0 Å². The van der Waals surface area contributed by atoms with Gasteiger partial charge in [-0.25, -0.2) is 0 Å². The molecule has 1 N–H and O–H groups in total. The number of pyridine rings is 1. The molecule has 0 aliphatic heterocycles. The molecule has 78 valence electrons. The predicted octanol–water partition coefficient (Wildman–Crippen LogP) is 2.81. The lowest BCUT2D eigenvalue weighted by atomic mass is 9.94. The topological polar surface area (TPSA) is 32.9 Å². The number of aromatic amines is 1. The minimum Gasteiger partial charge on any atom is -0.328 e. The van der Waals surface area contributed by atoms with Crippen molar-refractivity contribution < 1.29 is 0 Å². The average molecular weight is 266 g/mol. The van der Waals surface area contributed by atoms with E-state index < -0.39 is 0 Å². The summed E-state index contributed by atoms with van der Waals surface area (Å²) >= 11 is 3.24. The van der Waals surface area contributed by atoms with Gasteiger partial charge in [0.2, 0.25) is 0 Å². The maximum atomic E-state index is 11.1. The highest BCUT2D eigenvalue weighted by atomic mass is 79.9. The first-order chi connectivity index (χ1) is 7.25. The summed E-state index contributed by atoms with van der Waals surface area (Å²) in [5, 5.41) is 0. The van der Waals surface area contributed by atoms with Crippen LogP contribution in [0, 0.1) is 5.92 Å². The van der Waals surface area contributed by atoms with E-state index in [0.717, 1.165) is 18.4 Å². The van der Waals surface area contributed by atoms with Crippen LogP contribution in [-0.2, 0) is 6.42 Å². The van der Waals surface area contributed by atoms with Gasteiger partial charge in [0.1, 0.15) is 0 Å². The summed E-state index contributed by atoms with van der Waals surface area (Å²) in [4.78, 5) is 13.8. The third kappa shape index (κ3) is 2.69. The Morgan fingerprint density at radius 2 is 2.33 bits per heavy atom. The maximum absolute atomic E-state index is 11.1. The molecule has 2 nitrogen and oxygen atoms in total. The number of aromatic nitrogens is 1. The van der Waals surface area contributed by atoms with E-state index in [1.807, 2.05) is 6.07 Å². The fourth-order valence-corrected chi connectivity index (χ4v) is 2.11. The Hall–Kier alpha value is -1.09. The number of nitrogens with one attached hydrogen (secondary N) is 1. The lowest BCUT2D eigenvalue weighted by Gasteiger charge is -2.12. The van der Waals surface area contributed by atoms with E-state index in [0.29, 0.717) is 10.4 Å². The molecular formula is C12H12BrNO. The predicted molar refractivity (Wildman–Crippen MR) is 64.9 cm³/mol. The van der Waals surface area contributed by atoms with Crippen LogP contribution in [0.3, 0.4) is 0 Å². The molecular weight excluding hydrogens is 254 g/mol. The van der Waals surface area contributed by atoms with Crippen molar-refractivity contribution in [2.24, 2.45) is 5.92 Å². The van der Waals surface area contributed by atoms with Crippen molar-refractivity contribution in [3.63, 3.8) is 0 Å². The van der Waals surface area contributed by atoms with Gasteiger partial charge in [-0.05, 0) is 46.3 Å². The van der Waals surface area contributed by atoms with E-state index in [2.05, 4.69) is 45.2 Å². The molecule has 0 fully saturated rings. The summed E-state index contributed by atoms with van der Waals surface area (Å²) in [6, 6.07) is 1.89. The molecule has 0 saturated heterocycles. The zero-order chi connectivity index (χ0) is 10.7. The van der Waals surface area contributed by atoms with E-state index in [4.69, 9.17) is 0 Å². The minimum atomic E-state index is -0.0715. The standard InChI is InChI=1S/C12H12BrNO/c13-11-7-10(8-14-12(11)15)6-9-4-2-1-3-5-9/h1-4,7-9H,5-6H2,(H,14,15). The first kappa shape index (κ1) is 10.4. The number of halogens is 1. The van der Waals surface area contributed by atoms with Gasteiger partial charge in [0.05, 0.1) is 4.47 Å². The normalized spacial score (nSPS) is 19.4. The minimum absolute atomic E-state index is 0.0715. The molecule has 1 unspecified atom stereocenters. The fourth-order valence-electron chi connectivity index (χ4n) is 1.70. The Morgan fingerprint density at radius 1 is 1.47 bits per heavy atom. The Kier molecular flexibility index (Phi) is 3.21. The van der Waals surface area contributed by atoms with Crippen molar-refractivity contribution >= 4 is 15.9 Å². The number of allylic oxidation sites excluding steroid dienone is 4. The van der Waals surface area contributed by atoms with E-state index in [1.165, 1.54) is 0 Å². The van der Waals surface area contributed by atoms with Crippen LogP contribution < -0.4 is 5.56 Å². The van der Waals surface area contributed by atoms with Crippen LogP contribution >= 0.6 is 15.9 Å². The molecule has 0 radical (unpaired) electrons. The highest BCUT2D eigenvalue weighted by Gasteiger charge is 2.07. The summed E-state index contributed by atoms with van der Waals surface area (Å²) in [5.74, 6) is 0.549. The second kappa shape index (κ2) is 4.62. The van der Waals surface area contributed by atoms with Crippen molar-refractivity contribution in [2.75, 3.05) is 0 Å². The molecule has 2 rings (SSSR count). The molecule has 1 atom stereocenters. The quantitative estimate of drug-likeness (QED) is 0.877. The molecule has 0 saturated carbocycles. The van der Waals surface area contributed by atoms with Gasteiger partial charge in [-0.15, -0.1) is 0 Å². The molecule has 0 amide bonds. The first-order valence-corrected chi connectivity index (χ1v) is 5.75. The van der Waals surface area contributed by atoms with Crippen molar-refractivity contribution in [2.45, 2.75) is 12.8 Å². The van der Waals surface area contributed by atoms with Crippen LogP contribution in [0.4, 0.5) is 0 Å². The molecule has 1 aliphatic rings.